The van der Waals surface area contributed by atoms with Gasteiger partial charge in [0.15, 0.2) is 11.5 Å². The van der Waals surface area contributed by atoms with E-state index in [4.69, 9.17) is 21.1 Å². The summed E-state index contributed by atoms with van der Waals surface area (Å²) >= 11 is 5.89. The van der Waals surface area contributed by atoms with Crippen LogP contribution in [0.25, 0.3) is 6.08 Å². The highest BCUT2D eigenvalue weighted by Crippen LogP contribution is 2.28. The van der Waals surface area contributed by atoms with Crippen molar-refractivity contribution < 1.29 is 14.3 Å². The number of carbonyl (C=O) groups is 1. The van der Waals surface area contributed by atoms with Crippen LogP contribution in [0.5, 0.6) is 11.5 Å². The number of carbonyl (C=O) groups excluding carboxylic acids is 1. The molecule has 0 aromatic heterocycles. The first-order valence-electron chi connectivity index (χ1n) is 7.68. The number of nitrogens with one attached hydrogen (secondary N) is 1. The number of benzene rings is 2. The molecule has 4 nitrogen and oxygen atoms in total. The molecule has 2 aromatic carbocycles. The molecular weight excluding hydrogens is 326 g/mol. The lowest BCUT2D eigenvalue weighted by Crippen LogP contribution is -2.07. The Morgan fingerprint density at radius 2 is 2.04 bits per heavy atom. The van der Waals surface area contributed by atoms with Crippen LogP contribution in [0.15, 0.2) is 48.5 Å². The lowest BCUT2D eigenvalue weighted by molar-refractivity contribution is -0.111. The first kappa shape index (κ1) is 17.9. The van der Waals surface area contributed by atoms with E-state index in [1.165, 1.54) is 6.08 Å². The minimum absolute atomic E-state index is 0.234. The summed E-state index contributed by atoms with van der Waals surface area (Å²) in [6.45, 7) is 2.68. The fourth-order valence-electron chi connectivity index (χ4n) is 2.04. The molecular formula is C19H20ClNO3. The Morgan fingerprint density at radius 3 is 2.75 bits per heavy atom. The van der Waals surface area contributed by atoms with E-state index in [1.807, 2.05) is 25.1 Å². The van der Waals surface area contributed by atoms with Crippen molar-refractivity contribution >= 4 is 29.3 Å². The number of hydrogen-bond acceptors (Lipinski definition) is 3. The lowest BCUT2D eigenvalue weighted by Gasteiger charge is -2.10. The fraction of sp³-hybridized carbons (Fsp3) is 0.211. The van der Waals surface area contributed by atoms with Crippen LogP contribution in [-0.4, -0.2) is 19.6 Å². The van der Waals surface area contributed by atoms with Gasteiger partial charge >= 0.3 is 0 Å². The molecule has 0 fully saturated rings. The highest BCUT2D eigenvalue weighted by atomic mass is 35.5. The first-order valence-corrected chi connectivity index (χ1v) is 8.05. The zero-order valence-corrected chi connectivity index (χ0v) is 14.5. The maximum Gasteiger partial charge on any atom is 0.248 e. The van der Waals surface area contributed by atoms with Gasteiger partial charge in [-0.15, -0.1) is 0 Å². The molecule has 0 saturated heterocycles. The monoisotopic (exact) mass is 345 g/mol. The van der Waals surface area contributed by atoms with Crippen molar-refractivity contribution in [1.29, 1.82) is 0 Å². The van der Waals surface area contributed by atoms with Crippen molar-refractivity contribution in [2.45, 2.75) is 13.3 Å². The standard InChI is InChI=1S/C19H20ClNO3/c1-3-11-24-17-9-7-14(12-18(17)23-2)8-10-19(22)21-16-6-4-5-15(20)13-16/h4-10,12-13H,3,11H2,1-2H3,(H,21,22). The van der Waals surface area contributed by atoms with Gasteiger partial charge in [-0.05, 0) is 48.4 Å². The third-order valence-electron chi connectivity index (χ3n) is 3.17. The van der Waals surface area contributed by atoms with Gasteiger partial charge in [0.2, 0.25) is 5.91 Å². The Hall–Kier alpha value is -2.46. The van der Waals surface area contributed by atoms with Crippen molar-refractivity contribution in [2.24, 2.45) is 0 Å². The van der Waals surface area contributed by atoms with E-state index < -0.39 is 0 Å². The number of methoxy groups -OCH3 is 1. The van der Waals surface area contributed by atoms with Gasteiger partial charge in [0.05, 0.1) is 13.7 Å². The Kier molecular flexibility index (Phi) is 6.70. The van der Waals surface area contributed by atoms with Crippen molar-refractivity contribution in [3.8, 4) is 11.5 Å². The summed E-state index contributed by atoms with van der Waals surface area (Å²) in [5.74, 6) is 1.10. The third-order valence-corrected chi connectivity index (χ3v) is 3.40. The van der Waals surface area contributed by atoms with Crippen LogP contribution in [-0.2, 0) is 4.79 Å². The fourth-order valence-corrected chi connectivity index (χ4v) is 2.23. The van der Waals surface area contributed by atoms with E-state index in [0.29, 0.717) is 28.8 Å². The molecule has 2 rings (SSSR count). The number of halogens is 1. The largest absolute Gasteiger partial charge is 0.493 e. The van der Waals surface area contributed by atoms with Gasteiger partial charge in [0, 0.05) is 16.8 Å². The number of ether oxygens (including phenoxy) is 2. The molecule has 126 valence electrons. The van der Waals surface area contributed by atoms with Crippen molar-refractivity contribution in [2.75, 3.05) is 19.0 Å². The van der Waals surface area contributed by atoms with Gasteiger partial charge in [0.1, 0.15) is 0 Å². The number of hydrogen-bond donors (Lipinski definition) is 1. The zero-order valence-electron chi connectivity index (χ0n) is 13.7. The van der Waals surface area contributed by atoms with E-state index in [1.54, 1.807) is 37.5 Å². The second-order valence-corrected chi connectivity index (χ2v) is 5.53. The normalized spacial score (nSPS) is 10.6. The second kappa shape index (κ2) is 8.99. The molecule has 1 amide bonds. The molecule has 2 aromatic rings. The number of rotatable bonds is 7. The summed E-state index contributed by atoms with van der Waals surface area (Å²) < 4.78 is 10.9. The average molecular weight is 346 g/mol. The minimum Gasteiger partial charge on any atom is -0.493 e. The summed E-state index contributed by atoms with van der Waals surface area (Å²) in [5.41, 5.74) is 1.50. The Balaban J connectivity index is 2.03. The van der Waals surface area contributed by atoms with E-state index in [-0.39, 0.29) is 5.91 Å². The quantitative estimate of drug-likeness (QED) is 0.734. The molecule has 0 radical (unpaired) electrons. The van der Waals surface area contributed by atoms with Crippen LogP contribution in [0, 0.1) is 0 Å². The number of amides is 1. The smallest absolute Gasteiger partial charge is 0.248 e. The molecule has 0 saturated carbocycles. The summed E-state index contributed by atoms with van der Waals surface area (Å²) in [5, 5.41) is 3.33. The molecule has 0 bridgehead atoms. The van der Waals surface area contributed by atoms with E-state index in [9.17, 15) is 4.79 Å². The molecule has 0 aliphatic carbocycles. The molecule has 0 spiro atoms. The van der Waals surface area contributed by atoms with E-state index in [2.05, 4.69) is 5.32 Å². The molecule has 24 heavy (non-hydrogen) atoms. The van der Waals surface area contributed by atoms with Crippen molar-refractivity contribution in [3.05, 3.63) is 59.1 Å². The predicted octanol–water partition coefficient (Wildman–Crippen LogP) is 4.79. The maximum atomic E-state index is 12.0. The molecule has 1 N–H and O–H groups in total. The van der Waals surface area contributed by atoms with Crippen molar-refractivity contribution in [3.63, 3.8) is 0 Å². The lowest BCUT2D eigenvalue weighted by atomic mass is 10.2. The van der Waals surface area contributed by atoms with Crippen LogP contribution in [0.3, 0.4) is 0 Å². The predicted molar refractivity (Wildman–Crippen MR) is 97.9 cm³/mol. The topological polar surface area (TPSA) is 47.6 Å². The summed E-state index contributed by atoms with van der Waals surface area (Å²) in [7, 11) is 1.59. The first-order chi connectivity index (χ1) is 11.6. The van der Waals surface area contributed by atoms with Crippen LogP contribution in [0.1, 0.15) is 18.9 Å². The Morgan fingerprint density at radius 1 is 1.21 bits per heavy atom. The molecule has 0 aliphatic rings. The molecule has 0 aliphatic heterocycles. The van der Waals surface area contributed by atoms with Crippen LogP contribution >= 0.6 is 11.6 Å². The molecule has 5 heteroatoms. The summed E-state index contributed by atoms with van der Waals surface area (Å²) in [6.07, 6.45) is 4.10. The third kappa shape index (κ3) is 5.32. The summed E-state index contributed by atoms with van der Waals surface area (Å²) in [4.78, 5) is 12.0. The van der Waals surface area contributed by atoms with Gasteiger partial charge in [-0.2, -0.15) is 0 Å². The van der Waals surface area contributed by atoms with Gasteiger partial charge in [-0.25, -0.2) is 0 Å². The van der Waals surface area contributed by atoms with Crippen LogP contribution < -0.4 is 14.8 Å². The van der Waals surface area contributed by atoms with E-state index >= 15 is 0 Å². The van der Waals surface area contributed by atoms with Crippen LogP contribution in [0.4, 0.5) is 5.69 Å². The molecule has 0 atom stereocenters. The number of anilines is 1. The highest BCUT2D eigenvalue weighted by molar-refractivity contribution is 6.30. The van der Waals surface area contributed by atoms with Crippen LogP contribution in [0.2, 0.25) is 5.02 Å². The SMILES string of the molecule is CCCOc1ccc(C=CC(=O)Nc2cccc(Cl)c2)cc1OC. The maximum absolute atomic E-state index is 12.0. The van der Waals surface area contributed by atoms with Gasteiger partial charge in [-0.3, -0.25) is 4.79 Å². The molecule has 0 unspecified atom stereocenters. The van der Waals surface area contributed by atoms with Gasteiger partial charge in [-0.1, -0.05) is 30.7 Å². The minimum atomic E-state index is -0.234. The second-order valence-electron chi connectivity index (χ2n) is 5.09. The average Bonchev–Trinajstić information content (AvgIpc) is 2.58. The van der Waals surface area contributed by atoms with E-state index in [0.717, 1.165) is 12.0 Å². The Labute approximate surface area is 147 Å². The zero-order chi connectivity index (χ0) is 17.4. The summed E-state index contributed by atoms with van der Waals surface area (Å²) in [6, 6.07) is 12.5. The van der Waals surface area contributed by atoms with Gasteiger partial charge in [0.25, 0.3) is 0 Å². The van der Waals surface area contributed by atoms with Gasteiger partial charge < -0.3 is 14.8 Å². The Bertz CT molecular complexity index is 728. The molecule has 0 heterocycles. The van der Waals surface area contributed by atoms with Crippen molar-refractivity contribution in [1.82, 2.24) is 0 Å². The highest BCUT2D eigenvalue weighted by Gasteiger charge is 2.05.